The Morgan fingerprint density at radius 1 is 1.37 bits per heavy atom. The summed E-state index contributed by atoms with van der Waals surface area (Å²) in [6.07, 6.45) is 2.60. The maximum absolute atomic E-state index is 6.23. The third kappa shape index (κ3) is 2.99. The van der Waals surface area contributed by atoms with E-state index in [0.29, 0.717) is 5.02 Å². The van der Waals surface area contributed by atoms with Gasteiger partial charge >= 0.3 is 0 Å². The van der Waals surface area contributed by atoms with Gasteiger partial charge in [0, 0.05) is 7.05 Å². The molecule has 1 N–H and O–H groups in total. The van der Waals surface area contributed by atoms with Crippen molar-refractivity contribution < 1.29 is 0 Å². The van der Waals surface area contributed by atoms with Crippen LogP contribution >= 0.6 is 11.6 Å². The van der Waals surface area contributed by atoms with Crippen LogP contribution in [0.4, 0.5) is 0 Å². The van der Waals surface area contributed by atoms with Crippen LogP contribution in [0, 0.1) is 13.8 Å². The molecule has 0 bridgehead atoms. The summed E-state index contributed by atoms with van der Waals surface area (Å²) in [6, 6.07) is 6.72. The predicted octanol–water partition coefficient (Wildman–Crippen LogP) is 3.19. The van der Waals surface area contributed by atoms with Crippen LogP contribution in [-0.2, 0) is 13.5 Å². The lowest BCUT2D eigenvalue weighted by Crippen LogP contribution is -2.22. The van der Waals surface area contributed by atoms with E-state index in [4.69, 9.17) is 11.6 Å². The van der Waals surface area contributed by atoms with Crippen LogP contribution in [0.1, 0.15) is 28.4 Å². The van der Waals surface area contributed by atoms with Crippen molar-refractivity contribution >= 4 is 11.6 Å². The van der Waals surface area contributed by atoms with Crippen molar-refractivity contribution in [2.75, 3.05) is 7.05 Å². The van der Waals surface area contributed by atoms with Gasteiger partial charge in [-0.1, -0.05) is 35.4 Å². The monoisotopic (exact) mass is 277 g/mol. The lowest BCUT2D eigenvalue weighted by Gasteiger charge is -2.19. The molecule has 3 nitrogen and oxygen atoms in total. The van der Waals surface area contributed by atoms with Crippen LogP contribution in [0.2, 0.25) is 5.02 Å². The summed E-state index contributed by atoms with van der Waals surface area (Å²) in [7, 11) is 3.88. The summed E-state index contributed by atoms with van der Waals surface area (Å²) in [5.41, 5.74) is 4.97. The van der Waals surface area contributed by atoms with Crippen LogP contribution in [-0.4, -0.2) is 16.8 Å². The number of hydrogen-bond donors (Lipinski definition) is 1. The molecule has 1 heterocycles. The quantitative estimate of drug-likeness (QED) is 0.930. The molecule has 0 aliphatic rings. The topological polar surface area (TPSA) is 29.9 Å². The van der Waals surface area contributed by atoms with Crippen LogP contribution in [0.3, 0.4) is 0 Å². The number of nitrogens with one attached hydrogen (secondary N) is 1. The molecule has 19 heavy (non-hydrogen) atoms. The van der Waals surface area contributed by atoms with Gasteiger partial charge in [-0.15, -0.1) is 0 Å². The zero-order valence-electron chi connectivity index (χ0n) is 11.9. The van der Waals surface area contributed by atoms with Crippen molar-refractivity contribution in [3.8, 4) is 0 Å². The normalized spacial score (nSPS) is 12.7. The third-order valence-electron chi connectivity index (χ3n) is 3.54. The van der Waals surface area contributed by atoms with Gasteiger partial charge in [0.1, 0.15) is 0 Å². The smallest absolute Gasteiger partial charge is 0.0834 e. The van der Waals surface area contributed by atoms with Gasteiger partial charge in [-0.2, -0.15) is 5.10 Å². The minimum Gasteiger partial charge on any atom is -0.311 e. The summed E-state index contributed by atoms with van der Waals surface area (Å²) in [5.74, 6) is 0. The maximum atomic E-state index is 6.23. The van der Waals surface area contributed by atoms with E-state index < -0.39 is 0 Å². The zero-order valence-corrected chi connectivity index (χ0v) is 12.6. The Morgan fingerprint density at radius 3 is 2.68 bits per heavy atom. The summed E-state index contributed by atoms with van der Waals surface area (Å²) < 4.78 is 1.84. The van der Waals surface area contributed by atoms with Gasteiger partial charge in [0.25, 0.3) is 0 Å². The van der Waals surface area contributed by atoms with Crippen LogP contribution < -0.4 is 5.32 Å². The molecule has 0 saturated carbocycles. The molecular weight excluding hydrogens is 258 g/mol. The van der Waals surface area contributed by atoms with Crippen molar-refractivity contribution in [1.29, 1.82) is 0 Å². The molecule has 102 valence electrons. The zero-order chi connectivity index (χ0) is 14.0. The molecule has 0 saturated heterocycles. The van der Waals surface area contributed by atoms with E-state index in [0.717, 1.165) is 12.1 Å². The molecule has 0 radical (unpaired) electrons. The van der Waals surface area contributed by atoms with Gasteiger partial charge in [0.05, 0.1) is 23.0 Å². The minimum atomic E-state index is 0.167. The fourth-order valence-electron chi connectivity index (χ4n) is 2.39. The fourth-order valence-corrected chi connectivity index (χ4v) is 2.69. The van der Waals surface area contributed by atoms with E-state index in [1.54, 1.807) is 6.20 Å². The Labute approximate surface area is 119 Å². The lowest BCUT2D eigenvalue weighted by atomic mass is 9.97. The molecule has 1 aromatic heterocycles. The average Bonchev–Trinajstić information content (AvgIpc) is 2.71. The number of aromatic nitrogens is 2. The number of hydrogen-bond acceptors (Lipinski definition) is 2. The molecule has 0 spiro atoms. The van der Waals surface area contributed by atoms with E-state index in [9.17, 15) is 0 Å². The standard InChI is InChI=1S/C15H20ClN3/c1-10-5-6-11(2)12(7-10)8-14(17-3)15-13(16)9-18-19(15)4/h5-7,9,14,17H,8H2,1-4H3. The molecule has 0 amide bonds. The molecule has 2 aromatic rings. The summed E-state index contributed by atoms with van der Waals surface area (Å²) in [5, 5.41) is 8.26. The van der Waals surface area contributed by atoms with Crippen LogP contribution in [0.25, 0.3) is 0 Å². The maximum Gasteiger partial charge on any atom is 0.0834 e. The van der Waals surface area contributed by atoms with Gasteiger partial charge in [-0.05, 0) is 38.4 Å². The number of benzene rings is 1. The highest BCUT2D eigenvalue weighted by Gasteiger charge is 2.18. The second-order valence-corrected chi connectivity index (χ2v) is 5.38. The van der Waals surface area contributed by atoms with Crippen LogP contribution in [0.5, 0.6) is 0 Å². The van der Waals surface area contributed by atoms with Gasteiger partial charge in [0.15, 0.2) is 0 Å². The largest absolute Gasteiger partial charge is 0.311 e. The van der Waals surface area contributed by atoms with Gasteiger partial charge < -0.3 is 5.32 Å². The van der Waals surface area contributed by atoms with E-state index in [1.165, 1.54) is 16.7 Å². The number of likely N-dealkylation sites (N-methyl/N-ethyl adjacent to an activating group) is 1. The molecule has 0 aliphatic heterocycles. The number of aryl methyl sites for hydroxylation is 3. The van der Waals surface area contributed by atoms with Crippen molar-refractivity contribution in [2.24, 2.45) is 7.05 Å². The first-order valence-corrected chi connectivity index (χ1v) is 6.81. The highest BCUT2D eigenvalue weighted by atomic mass is 35.5. The first-order chi connectivity index (χ1) is 9.02. The van der Waals surface area contributed by atoms with Gasteiger partial charge in [0.2, 0.25) is 0 Å². The molecule has 1 unspecified atom stereocenters. The lowest BCUT2D eigenvalue weighted by molar-refractivity contribution is 0.536. The summed E-state index contributed by atoms with van der Waals surface area (Å²) in [6.45, 7) is 4.26. The molecule has 1 atom stereocenters. The Bertz CT molecular complexity index is 555. The van der Waals surface area contributed by atoms with E-state index in [1.807, 2.05) is 18.8 Å². The van der Waals surface area contributed by atoms with Crippen molar-refractivity contribution in [3.63, 3.8) is 0 Å². The van der Waals surface area contributed by atoms with Gasteiger partial charge in [-0.25, -0.2) is 0 Å². The van der Waals surface area contributed by atoms with E-state index in [2.05, 4.69) is 42.5 Å². The molecule has 2 rings (SSSR count). The second kappa shape index (κ2) is 5.76. The summed E-state index contributed by atoms with van der Waals surface area (Å²) in [4.78, 5) is 0. The fraction of sp³-hybridized carbons (Fsp3) is 0.400. The Morgan fingerprint density at radius 2 is 2.11 bits per heavy atom. The Kier molecular flexibility index (Phi) is 4.27. The van der Waals surface area contributed by atoms with E-state index in [-0.39, 0.29) is 6.04 Å². The van der Waals surface area contributed by atoms with Crippen LogP contribution in [0.15, 0.2) is 24.4 Å². The molecule has 0 fully saturated rings. The highest BCUT2D eigenvalue weighted by molar-refractivity contribution is 6.31. The van der Waals surface area contributed by atoms with Crippen molar-refractivity contribution in [3.05, 3.63) is 51.8 Å². The number of halogens is 1. The van der Waals surface area contributed by atoms with Crippen molar-refractivity contribution in [1.82, 2.24) is 15.1 Å². The predicted molar refractivity (Wildman–Crippen MR) is 79.6 cm³/mol. The Balaban J connectivity index is 2.32. The summed E-state index contributed by atoms with van der Waals surface area (Å²) >= 11 is 6.23. The highest BCUT2D eigenvalue weighted by Crippen LogP contribution is 2.26. The first-order valence-electron chi connectivity index (χ1n) is 6.43. The van der Waals surface area contributed by atoms with Crippen molar-refractivity contribution in [2.45, 2.75) is 26.3 Å². The SMILES string of the molecule is CNC(Cc1cc(C)ccc1C)c1c(Cl)cnn1C. The van der Waals surface area contributed by atoms with E-state index >= 15 is 0 Å². The Hall–Kier alpha value is -1.32. The second-order valence-electron chi connectivity index (χ2n) is 4.98. The molecular formula is C15H20ClN3. The first kappa shape index (κ1) is 14.1. The number of rotatable bonds is 4. The molecule has 1 aromatic carbocycles. The third-order valence-corrected chi connectivity index (χ3v) is 3.84. The molecule has 0 aliphatic carbocycles. The molecule has 4 heteroatoms. The minimum absolute atomic E-state index is 0.167. The average molecular weight is 278 g/mol. The number of nitrogens with zero attached hydrogens (tertiary/aromatic N) is 2. The van der Waals surface area contributed by atoms with Gasteiger partial charge in [-0.3, -0.25) is 4.68 Å².